The zero-order valence-corrected chi connectivity index (χ0v) is 13.4. The molecule has 1 heterocycles. The number of benzene rings is 1. The molecule has 0 atom stereocenters. The Morgan fingerprint density at radius 1 is 1.20 bits per heavy atom. The van der Waals surface area contributed by atoms with Gasteiger partial charge in [-0.2, -0.15) is 0 Å². The van der Waals surface area contributed by atoms with Gasteiger partial charge < -0.3 is 4.57 Å². The fourth-order valence-electron chi connectivity index (χ4n) is 1.94. The van der Waals surface area contributed by atoms with E-state index in [9.17, 15) is 0 Å². The first-order valence-corrected chi connectivity index (χ1v) is 7.66. The molecule has 2 aromatic rings. The highest BCUT2D eigenvalue weighted by molar-refractivity contribution is 7.99. The van der Waals surface area contributed by atoms with Gasteiger partial charge in [0.2, 0.25) is 0 Å². The first kappa shape index (κ1) is 14.9. The summed E-state index contributed by atoms with van der Waals surface area (Å²) in [7, 11) is 2.00. The first-order valence-electron chi connectivity index (χ1n) is 6.67. The predicted octanol–water partition coefficient (Wildman–Crippen LogP) is 4.06. The molecule has 0 N–H and O–H groups in total. The topological polar surface area (TPSA) is 30.7 Å². The van der Waals surface area contributed by atoms with Crippen molar-refractivity contribution in [3.8, 4) is 11.4 Å². The summed E-state index contributed by atoms with van der Waals surface area (Å²) < 4.78 is 2.03. The molecule has 3 nitrogen and oxygen atoms in total. The minimum absolute atomic E-state index is 0.170. The summed E-state index contributed by atoms with van der Waals surface area (Å²) in [6.07, 6.45) is 1.87. The van der Waals surface area contributed by atoms with Crippen molar-refractivity contribution < 1.29 is 0 Å². The molecule has 0 fully saturated rings. The Morgan fingerprint density at radius 3 is 2.40 bits per heavy atom. The second-order valence-electron chi connectivity index (χ2n) is 5.79. The van der Waals surface area contributed by atoms with Crippen molar-refractivity contribution in [3.63, 3.8) is 0 Å². The highest BCUT2D eigenvalue weighted by atomic mass is 32.2. The maximum absolute atomic E-state index is 4.29. The molecule has 0 spiro atoms. The molecule has 4 heteroatoms. The third kappa shape index (κ3) is 3.12. The SMILES string of the molecule is C=CCSc1nnc(-c2ccc(C(C)(C)C)cc2)n1C. The van der Waals surface area contributed by atoms with Crippen LogP contribution >= 0.6 is 11.8 Å². The zero-order valence-electron chi connectivity index (χ0n) is 12.6. The molecular formula is C16H21N3S. The highest BCUT2D eigenvalue weighted by Gasteiger charge is 2.15. The van der Waals surface area contributed by atoms with Crippen LogP contribution in [0.25, 0.3) is 11.4 Å². The largest absolute Gasteiger partial charge is 0.305 e. The lowest BCUT2D eigenvalue weighted by atomic mass is 9.87. The third-order valence-corrected chi connectivity index (χ3v) is 4.19. The summed E-state index contributed by atoms with van der Waals surface area (Å²) in [5.41, 5.74) is 2.59. The average Bonchev–Trinajstić information content (AvgIpc) is 2.77. The molecule has 0 aliphatic carbocycles. The van der Waals surface area contributed by atoms with Crippen LogP contribution in [0.5, 0.6) is 0 Å². The summed E-state index contributed by atoms with van der Waals surface area (Å²) in [6, 6.07) is 8.57. The summed E-state index contributed by atoms with van der Waals surface area (Å²) in [6.45, 7) is 10.4. The van der Waals surface area contributed by atoms with Crippen molar-refractivity contribution in [2.75, 3.05) is 5.75 Å². The van der Waals surface area contributed by atoms with E-state index in [-0.39, 0.29) is 5.41 Å². The molecule has 0 radical (unpaired) electrons. The average molecular weight is 287 g/mol. The van der Waals surface area contributed by atoms with E-state index < -0.39 is 0 Å². The zero-order chi connectivity index (χ0) is 14.8. The summed E-state index contributed by atoms with van der Waals surface area (Å²) in [5, 5.41) is 9.43. The number of thioether (sulfide) groups is 1. The van der Waals surface area contributed by atoms with E-state index in [2.05, 4.69) is 61.8 Å². The normalized spacial score (nSPS) is 11.6. The fraction of sp³-hybridized carbons (Fsp3) is 0.375. The van der Waals surface area contributed by atoms with Crippen LogP contribution in [0.3, 0.4) is 0 Å². The Hall–Kier alpha value is -1.55. The van der Waals surface area contributed by atoms with Crippen LogP contribution in [0.15, 0.2) is 42.1 Å². The Balaban J connectivity index is 2.28. The van der Waals surface area contributed by atoms with E-state index >= 15 is 0 Å². The summed E-state index contributed by atoms with van der Waals surface area (Å²) in [4.78, 5) is 0. The van der Waals surface area contributed by atoms with Crippen molar-refractivity contribution in [2.45, 2.75) is 31.3 Å². The molecule has 0 bridgehead atoms. The molecule has 0 aliphatic heterocycles. The highest BCUT2D eigenvalue weighted by Crippen LogP contribution is 2.26. The van der Waals surface area contributed by atoms with Crippen LogP contribution in [0.2, 0.25) is 0 Å². The molecule has 1 aromatic heterocycles. The minimum Gasteiger partial charge on any atom is -0.305 e. The molecule has 0 saturated carbocycles. The number of rotatable bonds is 4. The van der Waals surface area contributed by atoms with E-state index in [1.807, 2.05) is 17.7 Å². The number of aromatic nitrogens is 3. The van der Waals surface area contributed by atoms with Crippen LogP contribution in [0, 0.1) is 0 Å². The van der Waals surface area contributed by atoms with Crippen LogP contribution in [0.1, 0.15) is 26.3 Å². The van der Waals surface area contributed by atoms with Gasteiger partial charge in [0, 0.05) is 18.4 Å². The van der Waals surface area contributed by atoms with E-state index in [4.69, 9.17) is 0 Å². The van der Waals surface area contributed by atoms with Crippen LogP contribution in [-0.4, -0.2) is 20.5 Å². The van der Waals surface area contributed by atoms with Gasteiger partial charge in [-0.15, -0.1) is 16.8 Å². The number of hydrogen-bond donors (Lipinski definition) is 0. The molecule has 0 amide bonds. The molecule has 0 saturated heterocycles. The molecular weight excluding hydrogens is 266 g/mol. The maximum atomic E-state index is 4.29. The third-order valence-electron chi connectivity index (χ3n) is 3.17. The molecule has 20 heavy (non-hydrogen) atoms. The predicted molar refractivity (Wildman–Crippen MR) is 86.1 cm³/mol. The van der Waals surface area contributed by atoms with E-state index in [0.717, 1.165) is 22.3 Å². The maximum Gasteiger partial charge on any atom is 0.191 e. The van der Waals surface area contributed by atoms with Crippen LogP contribution < -0.4 is 0 Å². The van der Waals surface area contributed by atoms with Gasteiger partial charge in [0.25, 0.3) is 0 Å². The Bertz CT molecular complexity index is 591. The Labute approximate surface area is 125 Å². The quantitative estimate of drug-likeness (QED) is 0.627. The molecule has 106 valence electrons. The second kappa shape index (κ2) is 5.83. The number of hydrogen-bond acceptors (Lipinski definition) is 3. The smallest absolute Gasteiger partial charge is 0.191 e. The van der Waals surface area contributed by atoms with Gasteiger partial charge in [-0.25, -0.2) is 0 Å². The van der Waals surface area contributed by atoms with Crippen molar-refractivity contribution in [3.05, 3.63) is 42.5 Å². The van der Waals surface area contributed by atoms with Gasteiger partial charge in [0.1, 0.15) is 0 Å². The van der Waals surface area contributed by atoms with Crippen molar-refractivity contribution in [2.24, 2.45) is 7.05 Å². The monoisotopic (exact) mass is 287 g/mol. The lowest BCUT2D eigenvalue weighted by Crippen LogP contribution is -2.10. The van der Waals surface area contributed by atoms with Crippen LogP contribution in [-0.2, 0) is 12.5 Å². The van der Waals surface area contributed by atoms with E-state index in [1.165, 1.54) is 5.56 Å². The Morgan fingerprint density at radius 2 is 1.85 bits per heavy atom. The second-order valence-corrected chi connectivity index (χ2v) is 6.78. The van der Waals surface area contributed by atoms with Crippen molar-refractivity contribution >= 4 is 11.8 Å². The first-order chi connectivity index (χ1) is 9.43. The molecule has 0 aliphatic rings. The van der Waals surface area contributed by atoms with Gasteiger partial charge in [-0.05, 0) is 11.0 Å². The van der Waals surface area contributed by atoms with E-state index in [1.54, 1.807) is 11.8 Å². The lowest BCUT2D eigenvalue weighted by molar-refractivity contribution is 0.590. The summed E-state index contributed by atoms with van der Waals surface area (Å²) in [5.74, 6) is 1.74. The molecule has 0 unspecified atom stereocenters. The van der Waals surface area contributed by atoms with Gasteiger partial charge in [-0.1, -0.05) is 62.9 Å². The standard InChI is InChI=1S/C16H21N3S/c1-6-11-20-15-18-17-14(19(15)5)12-7-9-13(10-8-12)16(2,3)4/h6-10H,1,11H2,2-5H3. The van der Waals surface area contributed by atoms with Gasteiger partial charge >= 0.3 is 0 Å². The molecule has 1 aromatic carbocycles. The van der Waals surface area contributed by atoms with Crippen molar-refractivity contribution in [1.82, 2.24) is 14.8 Å². The van der Waals surface area contributed by atoms with Crippen LogP contribution in [0.4, 0.5) is 0 Å². The van der Waals surface area contributed by atoms with Gasteiger partial charge in [0.15, 0.2) is 11.0 Å². The molecule has 2 rings (SSSR count). The minimum atomic E-state index is 0.170. The fourth-order valence-corrected chi connectivity index (χ4v) is 2.59. The van der Waals surface area contributed by atoms with Crippen molar-refractivity contribution in [1.29, 1.82) is 0 Å². The van der Waals surface area contributed by atoms with Gasteiger partial charge in [0.05, 0.1) is 0 Å². The lowest BCUT2D eigenvalue weighted by Gasteiger charge is -2.19. The Kier molecular flexibility index (Phi) is 4.33. The number of nitrogens with zero attached hydrogens (tertiary/aromatic N) is 3. The van der Waals surface area contributed by atoms with E-state index in [0.29, 0.717) is 0 Å². The van der Waals surface area contributed by atoms with Gasteiger partial charge in [-0.3, -0.25) is 0 Å². The summed E-state index contributed by atoms with van der Waals surface area (Å²) >= 11 is 1.64.